The first-order valence-corrected chi connectivity index (χ1v) is 7.08. The molecule has 1 fully saturated rings. The van der Waals surface area contributed by atoms with E-state index < -0.39 is 5.41 Å². The summed E-state index contributed by atoms with van der Waals surface area (Å²) in [6.07, 6.45) is 2.27. The number of carbonyl (C=O) groups is 1. The molecule has 3 N–H and O–H groups in total. The van der Waals surface area contributed by atoms with Gasteiger partial charge in [0.05, 0.1) is 12.0 Å². The Morgan fingerprint density at radius 2 is 2.10 bits per heavy atom. The van der Waals surface area contributed by atoms with E-state index >= 15 is 0 Å². The first kappa shape index (κ1) is 13.4. The molecule has 0 aliphatic carbocycles. The lowest BCUT2D eigenvalue weighted by molar-refractivity contribution is -0.130. The predicted octanol–water partition coefficient (Wildman–Crippen LogP) is 1.32. The van der Waals surface area contributed by atoms with Gasteiger partial charge < -0.3 is 20.5 Å². The Balaban J connectivity index is 1.74. The Bertz CT molecular complexity index is 510. The van der Waals surface area contributed by atoms with Gasteiger partial charge in [0.2, 0.25) is 5.91 Å². The molecule has 0 atom stereocenters. The Morgan fingerprint density at radius 1 is 1.30 bits per heavy atom. The number of amides is 1. The summed E-state index contributed by atoms with van der Waals surface area (Å²) >= 11 is 0. The van der Waals surface area contributed by atoms with Crippen LogP contribution < -0.4 is 15.8 Å². The first-order chi connectivity index (χ1) is 9.73. The zero-order valence-corrected chi connectivity index (χ0v) is 11.5. The van der Waals surface area contributed by atoms with Crippen LogP contribution in [0.15, 0.2) is 18.2 Å². The minimum absolute atomic E-state index is 0.00200. The second-order valence-corrected chi connectivity index (χ2v) is 5.47. The topological polar surface area (TPSA) is 73.6 Å². The van der Waals surface area contributed by atoms with E-state index in [1.54, 1.807) is 0 Å². The number of rotatable bonds is 3. The molecule has 2 aliphatic rings. The summed E-state index contributed by atoms with van der Waals surface area (Å²) in [4.78, 5) is 12.5. The Labute approximate surface area is 118 Å². The molecular formula is C15H20N2O3. The SMILES string of the molecule is NCC1(C(=O)Nc2ccc3c(c2)CCO3)CCOCC1. The van der Waals surface area contributed by atoms with Gasteiger partial charge in [-0.1, -0.05) is 0 Å². The Hall–Kier alpha value is -1.59. The molecular weight excluding hydrogens is 256 g/mol. The number of benzene rings is 1. The normalized spacial score (nSPS) is 20.1. The Kier molecular flexibility index (Phi) is 3.63. The summed E-state index contributed by atoms with van der Waals surface area (Å²) in [7, 11) is 0. The minimum atomic E-state index is -0.492. The van der Waals surface area contributed by atoms with Gasteiger partial charge in [-0.3, -0.25) is 4.79 Å². The van der Waals surface area contributed by atoms with Crippen molar-refractivity contribution in [3.8, 4) is 5.75 Å². The molecule has 5 nitrogen and oxygen atoms in total. The molecule has 1 aromatic rings. The number of fused-ring (bicyclic) bond motifs is 1. The molecule has 20 heavy (non-hydrogen) atoms. The number of hydrogen-bond donors (Lipinski definition) is 2. The largest absolute Gasteiger partial charge is 0.493 e. The van der Waals surface area contributed by atoms with Gasteiger partial charge in [0.25, 0.3) is 0 Å². The van der Waals surface area contributed by atoms with Crippen molar-refractivity contribution in [2.45, 2.75) is 19.3 Å². The first-order valence-electron chi connectivity index (χ1n) is 7.08. The lowest BCUT2D eigenvalue weighted by Gasteiger charge is -2.34. The Morgan fingerprint density at radius 3 is 2.85 bits per heavy atom. The molecule has 0 unspecified atom stereocenters. The minimum Gasteiger partial charge on any atom is -0.493 e. The van der Waals surface area contributed by atoms with E-state index in [9.17, 15) is 4.79 Å². The van der Waals surface area contributed by atoms with Gasteiger partial charge in [-0.15, -0.1) is 0 Å². The number of hydrogen-bond acceptors (Lipinski definition) is 4. The summed E-state index contributed by atoms with van der Waals surface area (Å²) in [5.41, 5.74) is 7.32. The van der Waals surface area contributed by atoms with Crippen LogP contribution in [0.3, 0.4) is 0 Å². The number of anilines is 1. The summed E-state index contributed by atoms with van der Waals surface area (Å²) in [6, 6.07) is 5.78. The second kappa shape index (κ2) is 5.42. The van der Waals surface area contributed by atoms with E-state index in [0.717, 1.165) is 30.0 Å². The maximum atomic E-state index is 12.5. The molecule has 1 aromatic carbocycles. The average Bonchev–Trinajstić information content (AvgIpc) is 2.95. The zero-order valence-electron chi connectivity index (χ0n) is 11.5. The predicted molar refractivity (Wildman–Crippen MR) is 75.8 cm³/mol. The van der Waals surface area contributed by atoms with Gasteiger partial charge in [-0.05, 0) is 36.6 Å². The van der Waals surface area contributed by atoms with E-state index in [2.05, 4.69) is 5.32 Å². The van der Waals surface area contributed by atoms with E-state index in [-0.39, 0.29) is 5.91 Å². The highest BCUT2D eigenvalue weighted by molar-refractivity contribution is 5.95. The third kappa shape index (κ3) is 2.39. The van der Waals surface area contributed by atoms with Crippen molar-refractivity contribution < 1.29 is 14.3 Å². The molecule has 3 rings (SSSR count). The fraction of sp³-hybridized carbons (Fsp3) is 0.533. The standard InChI is InChI=1S/C15H20N2O3/c16-10-15(4-7-19-8-5-15)14(18)17-12-1-2-13-11(9-12)3-6-20-13/h1-2,9H,3-8,10,16H2,(H,17,18). The average molecular weight is 276 g/mol. The number of nitrogens with one attached hydrogen (secondary N) is 1. The van der Waals surface area contributed by atoms with Gasteiger partial charge in [-0.25, -0.2) is 0 Å². The fourth-order valence-electron chi connectivity index (χ4n) is 2.81. The van der Waals surface area contributed by atoms with Crippen molar-refractivity contribution in [1.82, 2.24) is 0 Å². The van der Waals surface area contributed by atoms with Crippen LogP contribution in [0.2, 0.25) is 0 Å². The second-order valence-electron chi connectivity index (χ2n) is 5.47. The molecule has 5 heteroatoms. The van der Waals surface area contributed by atoms with Crippen LogP contribution in [0.25, 0.3) is 0 Å². The van der Waals surface area contributed by atoms with Gasteiger partial charge in [-0.2, -0.15) is 0 Å². The zero-order chi connectivity index (χ0) is 14.0. The van der Waals surface area contributed by atoms with Crippen LogP contribution in [0.4, 0.5) is 5.69 Å². The van der Waals surface area contributed by atoms with Crippen LogP contribution in [0, 0.1) is 5.41 Å². The van der Waals surface area contributed by atoms with Crippen molar-refractivity contribution in [2.75, 3.05) is 31.7 Å². The van der Waals surface area contributed by atoms with Gasteiger partial charge in [0, 0.05) is 31.9 Å². The van der Waals surface area contributed by atoms with Crippen LogP contribution >= 0.6 is 0 Å². The fourth-order valence-corrected chi connectivity index (χ4v) is 2.81. The van der Waals surface area contributed by atoms with Crippen LogP contribution in [0.5, 0.6) is 5.75 Å². The molecule has 0 aromatic heterocycles. The molecule has 2 heterocycles. The van der Waals surface area contributed by atoms with Crippen molar-refractivity contribution in [3.05, 3.63) is 23.8 Å². The highest BCUT2D eigenvalue weighted by Gasteiger charge is 2.38. The smallest absolute Gasteiger partial charge is 0.232 e. The quantitative estimate of drug-likeness (QED) is 0.873. The van der Waals surface area contributed by atoms with E-state index in [4.69, 9.17) is 15.2 Å². The number of ether oxygens (including phenoxy) is 2. The van der Waals surface area contributed by atoms with Gasteiger partial charge in [0.15, 0.2) is 0 Å². The third-order valence-electron chi connectivity index (χ3n) is 4.27. The molecule has 0 saturated carbocycles. The summed E-state index contributed by atoms with van der Waals surface area (Å²) in [6.45, 7) is 2.28. The van der Waals surface area contributed by atoms with E-state index in [0.29, 0.717) is 32.6 Å². The van der Waals surface area contributed by atoms with Gasteiger partial charge in [0.1, 0.15) is 5.75 Å². The highest BCUT2D eigenvalue weighted by Crippen LogP contribution is 2.32. The summed E-state index contributed by atoms with van der Waals surface area (Å²) < 4.78 is 10.8. The number of nitrogens with two attached hydrogens (primary N) is 1. The van der Waals surface area contributed by atoms with E-state index in [1.807, 2.05) is 18.2 Å². The van der Waals surface area contributed by atoms with Crippen molar-refractivity contribution in [3.63, 3.8) is 0 Å². The third-order valence-corrected chi connectivity index (χ3v) is 4.27. The summed E-state index contributed by atoms with van der Waals surface area (Å²) in [5.74, 6) is 0.921. The number of carbonyl (C=O) groups excluding carboxylic acids is 1. The molecule has 2 aliphatic heterocycles. The van der Waals surface area contributed by atoms with Crippen LogP contribution in [-0.2, 0) is 16.0 Å². The van der Waals surface area contributed by atoms with Gasteiger partial charge >= 0.3 is 0 Å². The van der Waals surface area contributed by atoms with Crippen molar-refractivity contribution in [2.24, 2.45) is 11.1 Å². The molecule has 1 saturated heterocycles. The lowest BCUT2D eigenvalue weighted by atomic mass is 9.79. The van der Waals surface area contributed by atoms with Crippen LogP contribution in [-0.4, -0.2) is 32.3 Å². The molecule has 1 amide bonds. The lowest BCUT2D eigenvalue weighted by Crippen LogP contribution is -2.46. The monoisotopic (exact) mass is 276 g/mol. The summed E-state index contributed by atoms with van der Waals surface area (Å²) in [5, 5.41) is 3.00. The molecule has 0 bridgehead atoms. The van der Waals surface area contributed by atoms with Crippen molar-refractivity contribution >= 4 is 11.6 Å². The highest BCUT2D eigenvalue weighted by atomic mass is 16.5. The molecule has 0 radical (unpaired) electrons. The molecule has 108 valence electrons. The molecule has 0 spiro atoms. The van der Waals surface area contributed by atoms with E-state index in [1.165, 1.54) is 0 Å². The van der Waals surface area contributed by atoms with Crippen molar-refractivity contribution in [1.29, 1.82) is 0 Å². The maximum absolute atomic E-state index is 12.5. The maximum Gasteiger partial charge on any atom is 0.232 e. The van der Waals surface area contributed by atoms with Crippen LogP contribution in [0.1, 0.15) is 18.4 Å².